The van der Waals surface area contributed by atoms with Crippen molar-refractivity contribution in [2.45, 2.75) is 11.3 Å². The van der Waals surface area contributed by atoms with Crippen molar-refractivity contribution in [1.29, 1.82) is 0 Å². The molecule has 0 amide bonds. The number of benzene rings is 1. The second-order valence-corrected chi connectivity index (χ2v) is 8.13. The van der Waals surface area contributed by atoms with Gasteiger partial charge in [0.2, 0.25) is 10.0 Å². The molecule has 1 N–H and O–H groups in total. The van der Waals surface area contributed by atoms with Gasteiger partial charge in [0.05, 0.1) is 9.90 Å². The predicted molar refractivity (Wildman–Crippen MR) is 82.8 cm³/mol. The highest BCUT2D eigenvalue weighted by atomic mass is 79.9. The van der Waals surface area contributed by atoms with Crippen LogP contribution in [0.4, 0.5) is 0 Å². The summed E-state index contributed by atoms with van der Waals surface area (Å²) in [6.07, 6.45) is 2.29. The molecule has 0 aliphatic carbocycles. The Kier molecular flexibility index (Phi) is 5.13. The first-order valence-electron chi connectivity index (χ1n) is 5.32. The standard InChI is InChI=1S/C11H10Br2N2O2S2/c12-8-1-2-9(13)10(7-8)19(16,17)15-4-3-11-14-5-6-18-11/h1-2,5-7,15H,3-4H2. The van der Waals surface area contributed by atoms with Gasteiger partial charge in [-0.25, -0.2) is 18.1 Å². The van der Waals surface area contributed by atoms with Gasteiger partial charge in [0, 0.05) is 33.5 Å². The zero-order chi connectivity index (χ0) is 13.9. The fourth-order valence-electron chi connectivity index (χ4n) is 1.43. The largest absolute Gasteiger partial charge is 0.250 e. The minimum absolute atomic E-state index is 0.223. The number of nitrogens with one attached hydrogen (secondary N) is 1. The van der Waals surface area contributed by atoms with E-state index in [9.17, 15) is 8.42 Å². The summed E-state index contributed by atoms with van der Waals surface area (Å²) in [6.45, 7) is 0.328. The van der Waals surface area contributed by atoms with E-state index < -0.39 is 10.0 Å². The van der Waals surface area contributed by atoms with Crippen molar-refractivity contribution < 1.29 is 8.42 Å². The Morgan fingerprint density at radius 1 is 1.32 bits per heavy atom. The van der Waals surface area contributed by atoms with Crippen LogP contribution in [-0.4, -0.2) is 19.9 Å². The van der Waals surface area contributed by atoms with Crippen LogP contribution in [0.15, 0.2) is 43.6 Å². The molecule has 0 radical (unpaired) electrons. The van der Waals surface area contributed by atoms with Gasteiger partial charge in [-0.3, -0.25) is 0 Å². The second-order valence-electron chi connectivity index (χ2n) is 3.65. The smallest absolute Gasteiger partial charge is 0.241 e. The molecular weight excluding hydrogens is 416 g/mol. The van der Waals surface area contributed by atoms with Crippen LogP contribution in [-0.2, 0) is 16.4 Å². The van der Waals surface area contributed by atoms with Gasteiger partial charge < -0.3 is 0 Å². The highest BCUT2D eigenvalue weighted by Gasteiger charge is 2.17. The quantitative estimate of drug-likeness (QED) is 0.800. The molecule has 19 heavy (non-hydrogen) atoms. The average Bonchev–Trinajstić information content (AvgIpc) is 2.85. The topological polar surface area (TPSA) is 59.1 Å². The van der Waals surface area contributed by atoms with Crippen LogP contribution in [0.2, 0.25) is 0 Å². The maximum Gasteiger partial charge on any atom is 0.241 e. The van der Waals surface area contributed by atoms with Gasteiger partial charge in [-0.1, -0.05) is 15.9 Å². The third kappa shape index (κ3) is 4.09. The minimum Gasteiger partial charge on any atom is -0.250 e. The summed E-state index contributed by atoms with van der Waals surface area (Å²) in [7, 11) is -3.52. The van der Waals surface area contributed by atoms with Crippen molar-refractivity contribution in [3.05, 3.63) is 43.7 Å². The lowest BCUT2D eigenvalue weighted by Gasteiger charge is -2.08. The first kappa shape index (κ1) is 15.1. The van der Waals surface area contributed by atoms with Crippen molar-refractivity contribution in [2.75, 3.05) is 6.54 Å². The molecule has 0 unspecified atom stereocenters. The van der Waals surface area contributed by atoms with Crippen molar-refractivity contribution >= 4 is 53.2 Å². The molecule has 1 aromatic heterocycles. The number of hydrogen-bond donors (Lipinski definition) is 1. The molecule has 102 valence electrons. The molecule has 4 nitrogen and oxygen atoms in total. The van der Waals surface area contributed by atoms with E-state index in [0.717, 1.165) is 9.48 Å². The molecule has 0 saturated heterocycles. The highest BCUT2D eigenvalue weighted by molar-refractivity contribution is 9.11. The van der Waals surface area contributed by atoms with Gasteiger partial charge in [-0.15, -0.1) is 11.3 Å². The fraction of sp³-hybridized carbons (Fsp3) is 0.182. The third-order valence-corrected chi connectivity index (χ3v) is 6.08. The van der Waals surface area contributed by atoms with E-state index >= 15 is 0 Å². The first-order chi connectivity index (χ1) is 8.99. The summed E-state index contributed by atoms with van der Waals surface area (Å²) in [6, 6.07) is 5.04. The summed E-state index contributed by atoms with van der Waals surface area (Å²) in [5.74, 6) is 0. The molecule has 8 heteroatoms. The van der Waals surface area contributed by atoms with Gasteiger partial charge in [-0.2, -0.15) is 0 Å². The Morgan fingerprint density at radius 2 is 2.11 bits per heavy atom. The van der Waals surface area contributed by atoms with Gasteiger partial charge in [0.1, 0.15) is 0 Å². The monoisotopic (exact) mass is 424 g/mol. The molecule has 1 aromatic carbocycles. The Balaban J connectivity index is 2.07. The van der Waals surface area contributed by atoms with Crippen LogP contribution >= 0.6 is 43.2 Å². The Labute approximate surface area is 132 Å². The molecule has 0 bridgehead atoms. The lowest BCUT2D eigenvalue weighted by molar-refractivity contribution is 0.581. The predicted octanol–water partition coefficient (Wildman–Crippen LogP) is 3.19. The first-order valence-corrected chi connectivity index (χ1v) is 9.27. The van der Waals surface area contributed by atoms with Gasteiger partial charge in [0.15, 0.2) is 0 Å². The van der Waals surface area contributed by atoms with Crippen LogP contribution < -0.4 is 4.72 Å². The number of hydrogen-bond acceptors (Lipinski definition) is 4. The summed E-state index contributed by atoms with van der Waals surface area (Å²) in [5, 5.41) is 2.78. The van der Waals surface area contributed by atoms with Crippen LogP contribution in [0, 0.1) is 0 Å². The van der Waals surface area contributed by atoms with E-state index in [-0.39, 0.29) is 4.90 Å². The number of halogens is 2. The van der Waals surface area contributed by atoms with Crippen molar-refractivity contribution in [3.8, 4) is 0 Å². The van der Waals surface area contributed by atoms with Crippen LogP contribution in [0.5, 0.6) is 0 Å². The molecule has 2 aromatic rings. The van der Waals surface area contributed by atoms with Crippen LogP contribution in [0.3, 0.4) is 0 Å². The van der Waals surface area contributed by atoms with Crippen molar-refractivity contribution in [2.24, 2.45) is 0 Å². The maximum absolute atomic E-state index is 12.2. The van der Waals surface area contributed by atoms with Crippen LogP contribution in [0.1, 0.15) is 5.01 Å². The highest BCUT2D eigenvalue weighted by Crippen LogP contribution is 2.25. The number of thiazole rings is 1. The molecule has 2 rings (SSSR count). The summed E-state index contributed by atoms with van der Waals surface area (Å²) < 4.78 is 28.1. The molecule has 0 aliphatic rings. The number of aromatic nitrogens is 1. The lowest BCUT2D eigenvalue weighted by Crippen LogP contribution is -2.26. The number of nitrogens with zero attached hydrogens (tertiary/aromatic N) is 1. The van der Waals surface area contributed by atoms with E-state index in [4.69, 9.17) is 0 Å². The molecule has 0 saturated carbocycles. The molecule has 1 heterocycles. The number of rotatable bonds is 5. The normalized spacial score (nSPS) is 11.7. The summed E-state index contributed by atoms with van der Waals surface area (Å²) in [5.41, 5.74) is 0. The Hall–Kier alpha value is -0.280. The summed E-state index contributed by atoms with van der Waals surface area (Å²) >= 11 is 8.03. The lowest BCUT2D eigenvalue weighted by atomic mass is 10.4. The van der Waals surface area contributed by atoms with E-state index in [1.54, 1.807) is 24.4 Å². The zero-order valence-corrected chi connectivity index (χ0v) is 14.4. The minimum atomic E-state index is -3.52. The van der Waals surface area contributed by atoms with Crippen molar-refractivity contribution in [3.63, 3.8) is 0 Å². The molecular formula is C11H10Br2N2O2S2. The van der Waals surface area contributed by atoms with Gasteiger partial charge in [-0.05, 0) is 34.1 Å². The third-order valence-electron chi connectivity index (χ3n) is 2.30. The Morgan fingerprint density at radius 3 is 2.79 bits per heavy atom. The van der Waals surface area contributed by atoms with Gasteiger partial charge >= 0.3 is 0 Å². The molecule has 0 aliphatic heterocycles. The second kappa shape index (κ2) is 6.45. The van der Waals surface area contributed by atoms with Crippen molar-refractivity contribution in [1.82, 2.24) is 9.71 Å². The SMILES string of the molecule is O=S(=O)(NCCc1nccs1)c1cc(Br)ccc1Br. The molecule has 0 spiro atoms. The van der Waals surface area contributed by atoms with E-state index in [0.29, 0.717) is 17.4 Å². The number of sulfonamides is 1. The molecule has 0 atom stereocenters. The maximum atomic E-state index is 12.2. The average molecular weight is 426 g/mol. The van der Waals surface area contributed by atoms with Crippen LogP contribution in [0.25, 0.3) is 0 Å². The van der Waals surface area contributed by atoms with E-state index in [2.05, 4.69) is 41.6 Å². The van der Waals surface area contributed by atoms with E-state index in [1.165, 1.54) is 11.3 Å². The van der Waals surface area contributed by atoms with Gasteiger partial charge in [0.25, 0.3) is 0 Å². The Bertz CT molecular complexity index is 657. The fourth-order valence-corrected chi connectivity index (χ4v) is 4.58. The zero-order valence-electron chi connectivity index (χ0n) is 9.64. The summed E-state index contributed by atoms with van der Waals surface area (Å²) in [4.78, 5) is 4.33. The van der Waals surface area contributed by atoms with E-state index in [1.807, 2.05) is 5.38 Å². The molecule has 0 fully saturated rings.